The second-order valence-corrected chi connectivity index (χ2v) is 8.19. The zero-order valence-electron chi connectivity index (χ0n) is 19.5. The number of ether oxygens (including phenoxy) is 4. The van der Waals surface area contributed by atoms with E-state index in [0.717, 1.165) is 11.8 Å². The summed E-state index contributed by atoms with van der Waals surface area (Å²) < 4.78 is 27.6. The minimum atomic E-state index is -1.13. The fourth-order valence-electron chi connectivity index (χ4n) is 2.91. The van der Waals surface area contributed by atoms with Crippen molar-refractivity contribution in [3.05, 3.63) is 46.9 Å². The third-order valence-electron chi connectivity index (χ3n) is 4.34. The van der Waals surface area contributed by atoms with Gasteiger partial charge in [0, 0.05) is 11.6 Å². The summed E-state index contributed by atoms with van der Waals surface area (Å²) in [6.45, 7) is 6.15. The van der Waals surface area contributed by atoms with E-state index in [1.807, 2.05) is 20.8 Å². The molecule has 0 saturated carbocycles. The highest BCUT2D eigenvalue weighted by Crippen LogP contribution is 2.35. The summed E-state index contributed by atoms with van der Waals surface area (Å²) in [4.78, 5) is 11.9. The number of thioether (sulfide) groups is 1. The summed E-state index contributed by atoms with van der Waals surface area (Å²) in [7, 11) is 3.08. The van der Waals surface area contributed by atoms with Crippen molar-refractivity contribution in [2.24, 2.45) is 0 Å². The molecule has 0 atom stereocenters. The van der Waals surface area contributed by atoms with E-state index in [0.29, 0.717) is 40.7 Å². The molecule has 0 saturated heterocycles. The second kappa shape index (κ2) is 11.5. The third-order valence-corrected chi connectivity index (χ3v) is 5.19. The molecule has 0 amide bonds. The van der Waals surface area contributed by atoms with E-state index in [2.05, 4.69) is 10.2 Å². The molecule has 0 fully saturated rings. The summed E-state index contributed by atoms with van der Waals surface area (Å²) in [5, 5.41) is 17.8. The molecular formula is C24H26N2O7S. The smallest absolute Gasteiger partial charge is 0.342 e. The van der Waals surface area contributed by atoms with Crippen LogP contribution >= 0.6 is 11.8 Å². The van der Waals surface area contributed by atoms with Crippen molar-refractivity contribution in [1.82, 2.24) is 10.2 Å². The Bertz CT molecular complexity index is 1150. The lowest BCUT2D eigenvalue weighted by Crippen LogP contribution is -2.07. The first kappa shape index (κ1) is 25.0. The number of carboxylic acids is 1. The molecule has 10 heteroatoms. The van der Waals surface area contributed by atoms with Crippen molar-refractivity contribution in [2.45, 2.75) is 32.1 Å². The third kappa shape index (κ3) is 6.44. The SMILES string of the molecule is CCOc1cc(/C=C(\Sc2nnc(-c3cc(OC)cc(OC)c3)o2)C(=O)O)ccc1OC(C)C. The van der Waals surface area contributed by atoms with Crippen LogP contribution < -0.4 is 18.9 Å². The Hall–Kier alpha value is -3.66. The van der Waals surface area contributed by atoms with E-state index in [-0.39, 0.29) is 22.1 Å². The molecule has 0 aliphatic carbocycles. The lowest BCUT2D eigenvalue weighted by atomic mass is 10.2. The van der Waals surface area contributed by atoms with Crippen LogP contribution in [0.25, 0.3) is 17.5 Å². The average molecular weight is 487 g/mol. The topological polar surface area (TPSA) is 113 Å². The van der Waals surface area contributed by atoms with Crippen LogP contribution in [0.15, 0.2) is 50.9 Å². The molecule has 0 aliphatic heterocycles. The Kier molecular flexibility index (Phi) is 8.42. The second-order valence-electron chi connectivity index (χ2n) is 7.20. The van der Waals surface area contributed by atoms with E-state index in [4.69, 9.17) is 23.4 Å². The molecule has 0 bridgehead atoms. The number of methoxy groups -OCH3 is 2. The number of nitrogens with zero attached hydrogens (tertiary/aromatic N) is 2. The molecule has 2 aromatic carbocycles. The number of aromatic nitrogens is 2. The summed E-state index contributed by atoms with van der Waals surface area (Å²) in [6, 6.07) is 10.4. The van der Waals surface area contributed by atoms with E-state index >= 15 is 0 Å². The van der Waals surface area contributed by atoms with Gasteiger partial charge in [0.25, 0.3) is 5.22 Å². The van der Waals surface area contributed by atoms with Crippen LogP contribution in [0.4, 0.5) is 0 Å². The van der Waals surface area contributed by atoms with E-state index in [9.17, 15) is 9.90 Å². The highest BCUT2D eigenvalue weighted by atomic mass is 32.2. The van der Waals surface area contributed by atoms with Crippen LogP contribution in [-0.2, 0) is 4.79 Å². The molecule has 0 aliphatic rings. The van der Waals surface area contributed by atoms with Gasteiger partial charge in [-0.15, -0.1) is 10.2 Å². The van der Waals surface area contributed by atoms with E-state index in [1.165, 1.54) is 20.3 Å². The van der Waals surface area contributed by atoms with Crippen molar-refractivity contribution in [1.29, 1.82) is 0 Å². The summed E-state index contributed by atoms with van der Waals surface area (Å²) in [5.41, 5.74) is 1.21. The van der Waals surface area contributed by atoms with Crippen LogP contribution in [-0.4, -0.2) is 48.2 Å². The zero-order valence-corrected chi connectivity index (χ0v) is 20.3. The Labute approximate surface area is 201 Å². The monoisotopic (exact) mass is 486 g/mol. The first-order chi connectivity index (χ1) is 16.3. The van der Waals surface area contributed by atoms with Gasteiger partial charge in [-0.1, -0.05) is 6.07 Å². The Balaban J connectivity index is 1.87. The maximum atomic E-state index is 11.9. The van der Waals surface area contributed by atoms with Gasteiger partial charge >= 0.3 is 5.97 Å². The predicted molar refractivity (Wildman–Crippen MR) is 128 cm³/mol. The molecule has 3 rings (SSSR count). The van der Waals surface area contributed by atoms with Gasteiger partial charge < -0.3 is 28.5 Å². The lowest BCUT2D eigenvalue weighted by Gasteiger charge is -2.15. The van der Waals surface area contributed by atoms with Crippen molar-refractivity contribution in [3.63, 3.8) is 0 Å². The fraction of sp³-hybridized carbons (Fsp3) is 0.292. The number of hydrogen-bond donors (Lipinski definition) is 1. The van der Waals surface area contributed by atoms with Crippen LogP contribution in [0, 0.1) is 0 Å². The van der Waals surface area contributed by atoms with Gasteiger partial charge in [-0.3, -0.25) is 0 Å². The maximum absolute atomic E-state index is 11.9. The molecule has 1 N–H and O–H groups in total. The predicted octanol–water partition coefficient (Wildman–Crippen LogP) is 5.16. The molecule has 0 radical (unpaired) electrons. The summed E-state index contributed by atoms with van der Waals surface area (Å²) in [6.07, 6.45) is 1.48. The van der Waals surface area contributed by atoms with Gasteiger partial charge in [-0.05, 0) is 68.4 Å². The van der Waals surface area contributed by atoms with Gasteiger partial charge in [0.15, 0.2) is 11.5 Å². The molecule has 9 nitrogen and oxygen atoms in total. The Morgan fingerprint density at radius 2 is 1.79 bits per heavy atom. The summed E-state index contributed by atoms with van der Waals surface area (Å²) >= 11 is 0.848. The van der Waals surface area contributed by atoms with Crippen LogP contribution in [0.1, 0.15) is 26.3 Å². The normalized spacial score (nSPS) is 11.4. The average Bonchev–Trinajstić information content (AvgIpc) is 3.28. The molecule has 0 unspecified atom stereocenters. The summed E-state index contributed by atoms with van der Waals surface area (Å²) in [5.74, 6) is 1.32. The van der Waals surface area contributed by atoms with Crippen molar-refractivity contribution >= 4 is 23.8 Å². The van der Waals surface area contributed by atoms with Gasteiger partial charge in [-0.25, -0.2) is 4.79 Å². The van der Waals surface area contributed by atoms with Gasteiger partial charge in [0.1, 0.15) is 16.4 Å². The van der Waals surface area contributed by atoms with Crippen molar-refractivity contribution in [3.8, 4) is 34.5 Å². The standard InChI is InChI=1S/C24H26N2O7S/c1-6-31-20-9-15(7-8-19(20)32-14(2)3)10-21(23(27)28)34-24-26-25-22(33-24)16-11-17(29-4)13-18(12-16)30-5/h7-14H,6H2,1-5H3,(H,27,28)/b21-10-. The fourth-order valence-corrected chi connectivity index (χ4v) is 3.59. The number of benzene rings is 2. The Morgan fingerprint density at radius 3 is 2.38 bits per heavy atom. The first-order valence-electron chi connectivity index (χ1n) is 10.5. The number of rotatable bonds is 11. The Morgan fingerprint density at radius 1 is 1.09 bits per heavy atom. The minimum absolute atomic E-state index is 0.00148. The lowest BCUT2D eigenvalue weighted by molar-refractivity contribution is -0.131. The number of aliphatic carboxylic acids is 1. The highest BCUT2D eigenvalue weighted by molar-refractivity contribution is 8.03. The van der Waals surface area contributed by atoms with Gasteiger partial charge in [0.2, 0.25) is 5.89 Å². The number of carboxylic acid groups (broad SMARTS) is 1. The quantitative estimate of drug-likeness (QED) is 0.288. The minimum Gasteiger partial charge on any atom is -0.497 e. The van der Waals surface area contributed by atoms with Crippen LogP contribution in [0.2, 0.25) is 0 Å². The van der Waals surface area contributed by atoms with Gasteiger partial charge in [0.05, 0.1) is 26.9 Å². The zero-order chi connectivity index (χ0) is 24.7. The van der Waals surface area contributed by atoms with E-state index < -0.39 is 5.97 Å². The number of hydrogen-bond acceptors (Lipinski definition) is 9. The number of carbonyl (C=O) groups is 1. The molecule has 34 heavy (non-hydrogen) atoms. The largest absolute Gasteiger partial charge is 0.497 e. The highest BCUT2D eigenvalue weighted by Gasteiger charge is 2.18. The van der Waals surface area contributed by atoms with Crippen LogP contribution in [0.3, 0.4) is 0 Å². The van der Waals surface area contributed by atoms with Crippen molar-refractivity contribution in [2.75, 3.05) is 20.8 Å². The molecule has 0 spiro atoms. The first-order valence-corrected chi connectivity index (χ1v) is 11.3. The molecule has 1 aromatic heterocycles. The molecular weight excluding hydrogens is 460 g/mol. The molecule has 1 heterocycles. The molecule has 3 aromatic rings. The van der Waals surface area contributed by atoms with Crippen molar-refractivity contribution < 1.29 is 33.3 Å². The van der Waals surface area contributed by atoms with E-state index in [1.54, 1.807) is 36.4 Å². The molecule has 180 valence electrons. The maximum Gasteiger partial charge on any atom is 0.342 e. The van der Waals surface area contributed by atoms with Crippen LogP contribution in [0.5, 0.6) is 23.0 Å². The van der Waals surface area contributed by atoms with Gasteiger partial charge in [-0.2, -0.15) is 0 Å².